The fourth-order valence-corrected chi connectivity index (χ4v) is 1.62. The zero-order valence-electron chi connectivity index (χ0n) is 10.4. The Morgan fingerprint density at radius 2 is 2.28 bits per heavy atom. The molecule has 5 nitrogen and oxygen atoms in total. The van der Waals surface area contributed by atoms with Crippen molar-refractivity contribution in [3.8, 4) is 0 Å². The molecular formula is C13H18N2O3. The van der Waals surface area contributed by atoms with Gasteiger partial charge in [0.2, 0.25) is 5.91 Å². The highest BCUT2D eigenvalue weighted by Gasteiger charge is 2.18. The van der Waals surface area contributed by atoms with E-state index in [2.05, 4.69) is 10.3 Å². The van der Waals surface area contributed by atoms with Crippen LogP contribution in [-0.2, 0) is 16.0 Å². The van der Waals surface area contributed by atoms with Crippen molar-refractivity contribution in [3.63, 3.8) is 0 Å². The lowest BCUT2D eigenvalue weighted by molar-refractivity contribution is -0.142. The number of aliphatic carboxylic acids is 1. The summed E-state index contributed by atoms with van der Waals surface area (Å²) in [4.78, 5) is 26.4. The van der Waals surface area contributed by atoms with E-state index in [1.54, 1.807) is 12.4 Å². The molecule has 5 heteroatoms. The van der Waals surface area contributed by atoms with Gasteiger partial charge >= 0.3 is 5.97 Å². The summed E-state index contributed by atoms with van der Waals surface area (Å²) in [5.41, 5.74) is 0.968. The number of carboxylic acids is 1. The third kappa shape index (κ3) is 4.95. The first-order chi connectivity index (χ1) is 8.63. The van der Waals surface area contributed by atoms with E-state index in [4.69, 9.17) is 5.11 Å². The number of hydrogen-bond acceptors (Lipinski definition) is 3. The molecule has 0 aliphatic heterocycles. The molecule has 18 heavy (non-hydrogen) atoms. The van der Waals surface area contributed by atoms with Gasteiger partial charge in [-0.15, -0.1) is 0 Å². The predicted molar refractivity (Wildman–Crippen MR) is 67.0 cm³/mol. The molecule has 0 radical (unpaired) electrons. The summed E-state index contributed by atoms with van der Waals surface area (Å²) in [6.45, 7) is 1.89. The Kier molecular flexibility index (Phi) is 5.84. The molecule has 1 aromatic heterocycles. The first kappa shape index (κ1) is 14.2. The molecule has 0 bridgehead atoms. The Labute approximate surface area is 106 Å². The van der Waals surface area contributed by atoms with Crippen molar-refractivity contribution in [1.29, 1.82) is 0 Å². The minimum atomic E-state index is -0.980. The number of amides is 1. The van der Waals surface area contributed by atoms with Gasteiger partial charge in [0.25, 0.3) is 0 Å². The quantitative estimate of drug-likeness (QED) is 0.766. The van der Waals surface area contributed by atoms with Crippen LogP contribution in [0.2, 0.25) is 0 Å². The van der Waals surface area contributed by atoms with Crippen molar-refractivity contribution >= 4 is 11.9 Å². The lowest BCUT2D eigenvalue weighted by atomic mass is 10.1. The predicted octanol–water partition coefficient (Wildman–Crippen LogP) is 1.38. The number of carbonyl (C=O) groups is 2. The Morgan fingerprint density at radius 3 is 2.83 bits per heavy atom. The molecule has 1 aromatic rings. The van der Waals surface area contributed by atoms with Crippen LogP contribution in [0.15, 0.2) is 24.5 Å². The highest BCUT2D eigenvalue weighted by atomic mass is 16.4. The van der Waals surface area contributed by atoms with Crippen LogP contribution in [0.25, 0.3) is 0 Å². The van der Waals surface area contributed by atoms with Crippen LogP contribution in [0, 0.1) is 0 Å². The molecule has 0 spiro atoms. The van der Waals surface area contributed by atoms with Crippen molar-refractivity contribution < 1.29 is 14.7 Å². The summed E-state index contributed by atoms with van der Waals surface area (Å²) < 4.78 is 0. The highest BCUT2D eigenvalue weighted by Crippen LogP contribution is 2.02. The van der Waals surface area contributed by atoms with Crippen molar-refractivity contribution in [3.05, 3.63) is 30.1 Å². The van der Waals surface area contributed by atoms with Crippen LogP contribution in [-0.4, -0.2) is 28.0 Å². The second kappa shape index (κ2) is 7.42. The molecule has 2 N–H and O–H groups in total. The third-order valence-electron chi connectivity index (χ3n) is 2.57. The number of hydrogen-bond donors (Lipinski definition) is 2. The number of carbonyl (C=O) groups excluding carboxylic acids is 1. The lowest BCUT2D eigenvalue weighted by Gasteiger charge is -2.13. The molecule has 0 unspecified atom stereocenters. The number of nitrogens with zero attached hydrogens (tertiary/aromatic N) is 1. The van der Waals surface area contributed by atoms with Gasteiger partial charge in [-0.25, -0.2) is 4.79 Å². The Bertz CT molecular complexity index is 392. The van der Waals surface area contributed by atoms with Crippen LogP contribution in [0.5, 0.6) is 0 Å². The molecule has 0 aromatic carbocycles. The maximum atomic E-state index is 11.6. The molecule has 0 aliphatic rings. The van der Waals surface area contributed by atoms with Gasteiger partial charge in [0.1, 0.15) is 6.04 Å². The third-order valence-corrected chi connectivity index (χ3v) is 2.57. The zero-order chi connectivity index (χ0) is 13.4. The maximum Gasteiger partial charge on any atom is 0.326 e. The van der Waals surface area contributed by atoms with Crippen LogP contribution in [0.4, 0.5) is 0 Å². The highest BCUT2D eigenvalue weighted by molar-refractivity contribution is 5.83. The van der Waals surface area contributed by atoms with E-state index in [0.717, 1.165) is 12.0 Å². The molecule has 0 fully saturated rings. The number of carboxylic acid groups (broad SMARTS) is 1. The Hall–Kier alpha value is -1.91. The average Bonchev–Trinajstić information content (AvgIpc) is 2.37. The van der Waals surface area contributed by atoms with Gasteiger partial charge in [0.05, 0.1) is 0 Å². The molecule has 98 valence electrons. The van der Waals surface area contributed by atoms with E-state index in [0.29, 0.717) is 12.8 Å². The molecular weight excluding hydrogens is 232 g/mol. The van der Waals surface area contributed by atoms with Crippen LogP contribution >= 0.6 is 0 Å². The van der Waals surface area contributed by atoms with E-state index in [1.807, 2.05) is 19.1 Å². The fraction of sp³-hybridized carbons (Fsp3) is 0.462. The van der Waals surface area contributed by atoms with E-state index < -0.39 is 12.0 Å². The normalized spacial score (nSPS) is 11.8. The molecule has 0 saturated heterocycles. The summed E-state index contributed by atoms with van der Waals surface area (Å²) in [6.07, 6.45) is 5.39. The molecule has 1 heterocycles. The van der Waals surface area contributed by atoms with Crippen molar-refractivity contribution in [2.75, 3.05) is 0 Å². The van der Waals surface area contributed by atoms with Crippen molar-refractivity contribution in [2.45, 2.75) is 38.6 Å². The van der Waals surface area contributed by atoms with E-state index in [-0.39, 0.29) is 12.3 Å². The van der Waals surface area contributed by atoms with E-state index in [1.165, 1.54) is 0 Å². The smallest absolute Gasteiger partial charge is 0.326 e. The fourth-order valence-electron chi connectivity index (χ4n) is 1.62. The van der Waals surface area contributed by atoms with Gasteiger partial charge < -0.3 is 10.4 Å². The summed E-state index contributed by atoms with van der Waals surface area (Å²) in [5, 5.41) is 11.4. The molecule has 1 rings (SSSR count). The summed E-state index contributed by atoms with van der Waals surface area (Å²) in [6, 6.07) is 2.92. The van der Waals surface area contributed by atoms with Crippen LogP contribution < -0.4 is 5.32 Å². The van der Waals surface area contributed by atoms with Gasteiger partial charge in [-0.1, -0.05) is 19.4 Å². The van der Waals surface area contributed by atoms with E-state index >= 15 is 0 Å². The van der Waals surface area contributed by atoms with Crippen molar-refractivity contribution in [1.82, 2.24) is 10.3 Å². The van der Waals surface area contributed by atoms with E-state index in [9.17, 15) is 9.59 Å². The SMILES string of the molecule is CCC[C@@H](NC(=O)CCc1cccnc1)C(=O)O. The molecule has 0 saturated carbocycles. The summed E-state index contributed by atoms with van der Waals surface area (Å²) in [7, 11) is 0. The van der Waals surface area contributed by atoms with Gasteiger partial charge in [0.15, 0.2) is 0 Å². The average molecular weight is 250 g/mol. The number of aryl methyl sites for hydroxylation is 1. The molecule has 1 atom stereocenters. The van der Waals surface area contributed by atoms with Crippen LogP contribution in [0.3, 0.4) is 0 Å². The van der Waals surface area contributed by atoms with Crippen LogP contribution in [0.1, 0.15) is 31.7 Å². The first-order valence-corrected chi connectivity index (χ1v) is 6.04. The standard InChI is InChI=1S/C13H18N2O3/c1-2-4-11(13(17)18)15-12(16)7-6-10-5-3-8-14-9-10/h3,5,8-9,11H,2,4,6-7H2,1H3,(H,15,16)(H,17,18)/t11-/m1/s1. The minimum absolute atomic E-state index is 0.236. The molecule has 1 amide bonds. The number of nitrogens with one attached hydrogen (secondary N) is 1. The van der Waals surface area contributed by atoms with Gasteiger partial charge in [-0.05, 0) is 24.5 Å². The second-order valence-electron chi connectivity index (χ2n) is 4.11. The zero-order valence-corrected chi connectivity index (χ0v) is 10.4. The van der Waals surface area contributed by atoms with Gasteiger partial charge in [-0.3, -0.25) is 9.78 Å². The Morgan fingerprint density at radius 1 is 1.50 bits per heavy atom. The number of rotatable bonds is 7. The molecule has 0 aliphatic carbocycles. The number of aromatic nitrogens is 1. The van der Waals surface area contributed by atoms with Gasteiger partial charge in [0, 0.05) is 18.8 Å². The number of pyridine rings is 1. The maximum absolute atomic E-state index is 11.6. The minimum Gasteiger partial charge on any atom is -0.480 e. The monoisotopic (exact) mass is 250 g/mol. The van der Waals surface area contributed by atoms with Crippen molar-refractivity contribution in [2.24, 2.45) is 0 Å². The second-order valence-corrected chi connectivity index (χ2v) is 4.11. The lowest BCUT2D eigenvalue weighted by Crippen LogP contribution is -2.40. The largest absolute Gasteiger partial charge is 0.480 e. The topological polar surface area (TPSA) is 79.3 Å². The Balaban J connectivity index is 2.39. The summed E-state index contributed by atoms with van der Waals surface area (Å²) >= 11 is 0. The van der Waals surface area contributed by atoms with Gasteiger partial charge in [-0.2, -0.15) is 0 Å². The summed E-state index contributed by atoms with van der Waals surface area (Å²) in [5.74, 6) is -1.22. The first-order valence-electron chi connectivity index (χ1n) is 6.04.